The summed E-state index contributed by atoms with van der Waals surface area (Å²) in [7, 11) is 0. The number of thiophene rings is 1. The molecule has 0 aliphatic carbocycles. The SMILES string of the molecule is O=C1CCCOc2cc3c(cc2-c2c(-c4cccc5c4sc4ccccc45)cccc2N1CC1CCCO1)CCO3. The largest absolute Gasteiger partial charge is 0.493 e. The van der Waals surface area contributed by atoms with E-state index in [1.807, 2.05) is 16.2 Å². The number of ether oxygens (including phenoxy) is 3. The summed E-state index contributed by atoms with van der Waals surface area (Å²) < 4.78 is 20.9. The highest BCUT2D eigenvalue weighted by atomic mass is 32.1. The molecular formula is C35H31NO4S. The fourth-order valence-electron chi connectivity index (χ4n) is 6.62. The van der Waals surface area contributed by atoms with Gasteiger partial charge in [0.05, 0.1) is 31.5 Å². The van der Waals surface area contributed by atoms with E-state index in [2.05, 4.69) is 72.8 Å². The molecule has 3 aliphatic heterocycles. The molecule has 0 saturated carbocycles. The van der Waals surface area contributed by atoms with Crippen molar-refractivity contribution in [2.45, 2.75) is 38.2 Å². The minimum Gasteiger partial charge on any atom is -0.493 e. The van der Waals surface area contributed by atoms with Crippen LogP contribution in [0.3, 0.4) is 0 Å². The Bertz CT molecular complexity index is 1800. The highest BCUT2D eigenvalue weighted by Gasteiger charge is 2.30. The van der Waals surface area contributed by atoms with Crippen molar-refractivity contribution in [1.29, 1.82) is 0 Å². The molecule has 1 saturated heterocycles. The van der Waals surface area contributed by atoms with Gasteiger partial charge in [-0.2, -0.15) is 0 Å². The molecule has 6 heteroatoms. The normalized spacial score (nSPS) is 18.6. The van der Waals surface area contributed by atoms with Gasteiger partial charge in [0.25, 0.3) is 0 Å². The number of fused-ring (bicyclic) bond motifs is 7. The average Bonchev–Trinajstić information content (AvgIpc) is 3.76. The van der Waals surface area contributed by atoms with E-state index in [0.717, 1.165) is 59.7 Å². The molecule has 41 heavy (non-hydrogen) atoms. The molecule has 1 unspecified atom stereocenters. The number of amides is 1. The maximum Gasteiger partial charge on any atom is 0.227 e. The Hall–Kier alpha value is -3.87. The number of carbonyl (C=O) groups is 1. The lowest BCUT2D eigenvalue weighted by Gasteiger charge is -2.30. The van der Waals surface area contributed by atoms with Crippen molar-refractivity contribution in [3.05, 3.63) is 78.4 Å². The summed E-state index contributed by atoms with van der Waals surface area (Å²) in [6.07, 6.45) is 4.02. The van der Waals surface area contributed by atoms with Crippen molar-refractivity contribution in [2.24, 2.45) is 0 Å². The van der Waals surface area contributed by atoms with Crippen LogP contribution in [0, 0.1) is 0 Å². The van der Waals surface area contributed by atoms with Crippen LogP contribution in [0.2, 0.25) is 0 Å². The second-order valence-electron chi connectivity index (χ2n) is 11.1. The summed E-state index contributed by atoms with van der Waals surface area (Å²) in [6.45, 7) is 2.48. The lowest BCUT2D eigenvalue weighted by molar-refractivity contribution is -0.119. The Labute approximate surface area is 243 Å². The maximum absolute atomic E-state index is 13.9. The lowest BCUT2D eigenvalue weighted by atomic mass is 9.89. The molecular weight excluding hydrogens is 530 g/mol. The van der Waals surface area contributed by atoms with Gasteiger partial charge in [-0.25, -0.2) is 0 Å². The Kier molecular flexibility index (Phi) is 6.19. The molecule has 1 aromatic heterocycles. The van der Waals surface area contributed by atoms with Gasteiger partial charge in [0.15, 0.2) is 0 Å². The standard InChI is InChI=1S/C35H31NO4S/c37-33-14-6-17-39-31-20-30-22(15-18-40-30)19-28(31)34-25(9-4-12-29(34)36(33)21-23-7-5-16-38-23)27-11-3-10-26-24-8-1-2-13-32(24)41-35(26)27/h1-4,8-13,19-20,23H,5-7,14-18,21H2. The second-order valence-corrected chi connectivity index (χ2v) is 12.2. The summed E-state index contributed by atoms with van der Waals surface area (Å²) in [5, 5.41) is 2.53. The highest BCUT2D eigenvalue weighted by molar-refractivity contribution is 7.26. The van der Waals surface area contributed by atoms with E-state index >= 15 is 0 Å². The smallest absolute Gasteiger partial charge is 0.227 e. The first kappa shape index (κ1) is 24.9. The van der Waals surface area contributed by atoms with Gasteiger partial charge in [-0.05, 0) is 48.6 Å². The Morgan fingerprint density at radius 3 is 2.56 bits per heavy atom. The summed E-state index contributed by atoms with van der Waals surface area (Å²) >= 11 is 1.83. The number of hydrogen-bond donors (Lipinski definition) is 0. The third-order valence-electron chi connectivity index (χ3n) is 8.59. The monoisotopic (exact) mass is 561 g/mol. The van der Waals surface area contributed by atoms with Gasteiger partial charge in [0.1, 0.15) is 11.5 Å². The van der Waals surface area contributed by atoms with E-state index in [1.165, 1.54) is 31.3 Å². The zero-order chi connectivity index (χ0) is 27.3. The van der Waals surface area contributed by atoms with E-state index in [-0.39, 0.29) is 12.0 Å². The topological polar surface area (TPSA) is 48.0 Å². The van der Waals surface area contributed by atoms with Gasteiger partial charge < -0.3 is 19.1 Å². The molecule has 206 valence electrons. The molecule has 5 nitrogen and oxygen atoms in total. The molecule has 4 aromatic carbocycles. The predicted molar refractivity (Wildman–Crippen MR) is 165 cm³/mol. The highest BCUT2D eigenvalue weighted by Crippen LogP contribution is 2.49. The number of hydrogen-bond acceptors (Lipinski definition) is 5. The fraction of sp³-hybridized carbons (Fsp3) is 0.286. The molecule has 0 N–H and O–H groups in total. The van der Waals surface area contributed by atoms with Crippen LogP contribution in [-0.4, -0.2) is 38.4 Å². The van der Waals surface area contributed by atoms with E-state index in [9.17, 15) is 4.79 Å². The first-order chi connectivity index (χ1) is 20.2. The van der Waals surface area contributed by atoms with Crippen LogP contribution in [0.15, 0.2) is 72.8 Å². The maximum atomic E-state index is 13.9. The van der Waals surface area contributed by atoms with Gasteiger partial charge >= 0.3 is 0 Å². The molecule has 0 bridgehead atoms. The van der Waals surface area contributed by atoms with Crippen molar-refractivity contribution < 1.29 is 19.0 Å². The molecule has 1 fully saturated rings. The van der Waals surface area contributed by atoms with Crippen molar-refractivity contribution in [3.8, 4) is 33.8 Å². The Morgan fingerprint density at radius 2 is 1.63 bits per heavy atom. The van der Waals surface area contributed by atoms with Crippen molar-refractivity contribution in [3.63, 3.8) is 0 Å². The van der Waals surface area contributed by atoms with Crippen LogP contribution in [0.4, 0.5) is 5.69 Å². The second kappa shape index (κ2) is 10.2. The molecule has 0 radical (unpaired) electrons. The Morgan fingerprint density at radius 1 is 0.780 bits per heavy atom. The fourth-order valence-corrected chi connectivity index (χ4v) is 7.85. The van der Waals surface area contributed by atoms with Crippen LogP contribution in [0.25, 0.3) is 42.4 Å². The molecule has 8 rings (SSSR count). The van der Waals surface area contributed by atoms with Crippen molar-refractivity contribution in [2.75, 3.05) is 31.3 Å². The molecule has 5 aromatic rings. The molecule has 1 atom stereocenters. The van der Waals surface area contributed by atoms with Crippen LogP contribution in [-0.2, 0) is 16.0 Å². The quantitative estimate of drug-likeness (QED) is 0.224. The number of benzene rings is 4. The zero-order valence-electron chi connectivity index (χ0n) is 22.9. The van der Waals surface area contributed by atoms with Gasteiger partial charge in [-0.3, -0.25) is 4.79 Å². The van der Waals surface area contributed by atoms with E-state index < -0.39 is 0 Å². The molecule has 0 spiro atoms. The van der Waals surface area contributed by atoms with Crippen molar-refractivity contribution >= 4 is 43.1 Å². The van der Waals surface area contributed by atoms with Crippen LogP contribution < -0.4 is 14.4 Å². The average molecular weight is 562 g/mol. The third-order valence-corrected chi connectivity index (χ3v) is 9.81. The summed E-state index contributed by atoms with van der Waals surface area (Å²) in [6, 6.07) is 25.9. The van der Waals surface area contributed by atoms with E-state index in [4.69, 9.17) is 14.2 Å². The number of anilines is 1. The number of nitrogens with zero attached hydrogens (tertiary/aromatic N) is 1. The van der Waals surface area contributed by atoms with Crippen molar-refractivity contribution in [1.82, 2.24) is 0 Å². The van der Waals surface area contributed by atoms with Gasteiger partial charge in [0.2, 0.25) is 5.91 Å². The van der Waals surface area contributed by atoms with Crippen LogP contribution in [0.1, 0.15) is 31.2 Å². The first-order valence-corrected chi connectivity index (χ1v) is 15.4. The molecule has 4 heterocycles. The Balaban J connectivity index is 1.42. The molecule has 1 amide bonds. The van der Waals surface area contributed by atoms with Crippen LogP contribution in [0.5, 0.6) is 11.5 Å². The van der Waals surface area contributed by atoms with Gasteiger partial charge in [-0.15, -0.1) is 11.3 Å². The van der Waals surface area contributed by atoms with Gasteiger partial charge in [0, 0.05) is 62.4 Å². The minimum atomic E-state index is 0.0496. The van der Waals surface area contributed by atoms with Crippen LogP contribution >= 0.6 is 11.3 Å². The molecule has 3 aliphatic rings. The number of rotatable bonds is 3. The summed E-state index contributed by atoms with van der Waals surface area (Å²) in [4.78, 5) is 15.9. The third kappa shape index (κ3) is 4.28. The summed E-state index contributed by atoms with van der Waals surface area (Å²) in [5.74, 6) is 1.84. The van der Waals surface area contributed by atoms with Gasteiger partial charge in [-0.1, -0.05) is 48.5 Å². The first-order valence-electron chi connectivity index (χ1n) is 14.6. The number of carbonyl (C=O) groups excluding carboxylic acids is 1. The zero-order valence-corrected chi connectivity index (χ0v) is 23.7. The lowest BCUT2D eigenvalue weighted by Crippen LogP contribution is -2.38. The van der Waals surface area contributed by atoms with E-state index in [1.54, 1.807) is 0 Å². The van der Waals surface area contributed by atoms with E-state index in [0.29, 0.717) is 32.6 Å². The summed E-state index contributed by atoms with van der Waals surface area (Å²) in [5.41, 5.74) is 6.44. The minimum absolute atomic E-state index is 0.0496. The predicted octanol–water partition coefficient (Wildman–Crippen LogP) is 8.01.